The van der Waals surface area contributed by atoms with E-state index in [-0.39, 0.29) is 15.6 Å². The Hall–Kier alpha value is -0.0900. The van der Waals surface area contributed by atoms with Crippen LogP contribution in [0.1, 0.15) is 11.1 Å². The molecular weight excluding hydrogens is 460 g/mol. The molecule has 0 aliphatic carbocycles. The molecule has 6 heteroatoms. The van der Waals surface area contributed by atoms with E-state index in [1.54, 1.807) is 26.0 Å². The number of hydrogen-bond acceptors (Lipinski definition) is 4. The van der Waals surface area contributed by atoms with Crippen molar-refractivity contribution in [2.45, 2.75) is 21.8 Å². The van der Waals surface area contributed by atoms with Crippen molar-refractivity contribution < 1.29 is 14.6 Å². The fourth-order valence-corrected chi connectivity index (χ4v) is 9.34. The summed E-state index contributed by atoms with van der Waals surface area (Å²) < 4.78 is 8.95. The molecule has 0 radical (unpaired) electrons. The van der Waals surface area contributed by atoms with Crippen molar-refractivity contribution in [3.05, 3.63) is 23.3 Å². The molecule has 2 rings (SSSR count). The molecule has 1 aliphatic heterocycles. The second-order valence-electron chi connectivity index (χ2n) is 4.26. The van der Waals surface area contributed by atoms with E-state index in [1.165, 1.54) is 0 Å². The molecule has 1 aromatic rings. The Morgan fingerprint density at radius 1 is 1.50 bits per heavy atom. The summed E-state index contributed by atoms with van der Waals surface area (Å²) in [5.41, 5.74) is 1.44. The monoisotopic (exact) mass is 475 g/mol. The van der Waals surface area contributed by atoms with Crippen molar-refractivity contribution in [1.82, 2.24) is 3.53 Å². The molecule has 0 bridgehead atoms. The number of halogens is 2. The number of nitrogens with one attached hydrogen (secondary N) is 1. The number of ether oxygens (including phenoxy) is 1. The average molecular weight is 475 g/mol. The minimum atomic E-state index is -1.01. The van der Waals surface area contributed by atoms with E-state index in [4.69, 9.17) is 4.74 Å². The third kappa shape index (κ3) is 3.08. The molecule has 0 spiro atoms. The van der Waals surface area contributed by atoms with Gasteiger partial charge in [-0.2, -0.15) is 0 Å². The van der Waals surface area contributed by atoms with E-state index >= 15 is 0 Å². The van der Waals surface area contributed by atoms with Gasteiger partial charge >= 0.3 is 128 Å². The fourth-order valence-electron chi connectivity index (χ4n) is 1.63. The van der Waals surface area contributed by atoms with Gasteiger partial charge in [-0.05, 0) is 0 Å². The first-order chi connectivity index (χ1) is 8.40. The Kier molecular flexibility index (Phi) is 4.37. The Balaban J connectivity index is 2.07. The van der Waals surface area contributed by atoms with Crippen LogP contribution in [0.15, 0.2) is 12.1 Å². The van der Waals surface area contributed by atoms with Crippen LogP contribution in [0.25, 0.3) is 0 Å². The number of phenols is 1. The van der Waals surface area contributed by atoms with Crippen molar-refractivity contribution in [2.24, 2.45) is 0 Å². The normalized spacial score (nSPS) is 21.6. The molecule has 1 heterocycles. The SMILES string of the molecule is Cc1cc(OC(=O)C(I)C2NI2C)cc(C)c1O. The Morgan fingerprint density at radius 3 is 2.44 bits per heavy atom. The number of esters is 1. The summed E-state index contributed by atoms with van der Waals surface area (Å²) in [5, 5.41) is 9.66. The third-order valence-corrected chi connectivity index (χ3v) is 9.37. The summed E-state index contributed by atoms with van der Waals surface area (Å²) in [4.78, 5) is 14.1. The van der Waals surface area contributed by atoms with Crippen molar-refractivity contribution >= 4 is 48.7 Å². The van der Waals surface area contributed by atoms with Crippen LogP contribution in [0.5, 0.6) is 11.5 Å². The van der Waals surface area contributed by atoms with Gasteiger partial charge in [-0.1, -0.05) is 0 Å². The number of carbonyl (C=O) groups is 1. The molecule has 100 valence electrons. The zero-order valence-corrected chi connectivity index (χ0v) is 14.6. The van der Waals surface area contributed by atoms with E-state index in [2.05, 4.69) is 31.1 Å². The quantitative estimate of drug-likeness (QED) is 0.134. The number of phenolic OH excluding ortho intramolecular Hbond substituents is 1. The molecule has 2 atom stereocenters. The van der Waals surface area contributed by atoms with E-state index in [0.717, 1.165) is 11.1 Å². The van der Waals surface area contributed by atoms with Gasteiger partial charge < -0.3 is 0 Å². The van der Waals surface area contributed by atoms with E-state index < -0.39 is 20.1 Å². The van der Waals surface area contributed by atoms with Crippen LogP contribution in [-0.2, 0) is 4.79 Å². The zero-order valence-electron chi connectivity index (χ0n) is 10.3. The molecule has 0 aromatic heterocycles. The van der Waals surface area contributed by atoms with Gasteiger partial charge in [0.1, 0.15) is 0 Å². The zero-order chi connectivity index (χ0) is 13.4. The maximum absolute atomic E-state index is 11.9. The Morgan fingerprint density at radius 2 is 2.00 bits per heavy atom. The summed E-state index contributed by atoms with van der Waals surface area (Å²) in [5.74, 6) is 0.553. The van der Waals surface area contributed by atoms with Gasteiger partial charge in [0.25, 0.3) is 0 Å². The number of alkyl halides is 3. The van der Waals surface area contributed by atoms with Gasteiger partial charge in [-0.3, -0.25) is 0 Å². The number of rotatable bonds is 3. The number of hydrogen-bond donors (Lipinski definition) is 2. The molecule has 0 amide bonds. The van der Waals surface area contributed by atoms with Gasteiger partial charge in [0.15, 0.2) is 0 Å². The standard InChI is InChI=1S/C12H15I2NO3/c1-6-4-8(5-7(2)10(6)16)18-12(17)9(13)11-14(3)15-11/h4-5,9,11,15-16H,1-3H3. The first kappa shape index (κ1) is 14.3. The first-order valence-corrected chi connectivity index (χ1v) is 11.1. The molecule has 1 aromatic carbocycles. The average Bonchev–Trinajstić information content (AvgIpc) is 3.02. The number of carbonyl (C=O) groups excluding carboxylic acids is 1. The Bertz CT molecular complexity index is 469. The summed E-state index contributed by atoms with van der Waals surface area (Å²) in [6.45, 7) is 3.58. The van der Waals surface area contributed by atoms with Crippen molar-refractivity contribution in [1.29, 1.82) is 0 Å². The van der Waals surface area contributed by atoms with Crippen LogP contribution in [0.3, 0.4) is 0 Å². The van der Waals surface area contributed by atoms with Gasteiger partial charge in [0, 0.05) is 0 Å². The topological polar surface area (TPSA) is 68.5 Å². The second-order valence-corrected chi connectivity index (χ2v) is 10.5. The first-order valence-electron chi connectivity index (χ1n) is 5.40. The van der Waals surface area contributed by atoms with Crippen LogP contribution in [0.4, 0.5) is 0 Å². The molecule has 2 N–H and O–H groups in total. The van der Waals surface area contributed by atoms with Crippen molar-refractivity contribution in [3.63, 3.8) is 0 Å². The predicted molar refractivity (Wildman–Crippen MR) is 87.9 cm³/mol. The molecule has 0 saturated carbocycles. The van der Waals surface area contributed by atoms with Gasteiger partial charge in [0.2, 0.25) is 0 Å². The minimum absolute atomic E-state index is 0.118. The van der Waals surface area contributed by atoms with Crippen LogP contribution < -0.4 is 8.27 Å². The summed E-state index contributed by atoms with van der Waals surface area (Å²) in [6.07, 6.45) is 0. The molecule has 2 unspecified atom stereocenters. The summed E-state index contributed by atoms with van der Waals surface area (Å²) >= 11 is 1.13. The van der Waals surface area contributed by atoms with E-state index in [9.17, 15) is 9.90 Å². The molecule has 1 fully saturated rings. The second kappa shape index (κ2) is 5.49. The predicted octanol–water partition coefficient (Wildman–Crippen LogP) is 2.70. The molecule has 4 nitrogen and oxygen atoms in total. The van der Waals surface area contributed by atoms with E-state index in [1.807, 2.05) is 0 Å². The Labute approximate surface area is 127 Å². The van der Waals surface area contributed by atoms with E-state index in [0.29, 0.717) is 9.80 Å². The molecule has 1 aliphatic rings. The van der Waals surface area contributed by atoms with Gasteiger partial charge in [-0.15, -0.1) is 0 Å². The fraction of sp³-hybridized carbons (Fsp3) is 0.417. The van der Waals surface area contributed by atoms with Crippen LogP contribution in [0.2, 0.25) is 0 Å². The number of aryl methyl sites for hydroxylation is 2. The maximum atomic E-state index is 11.9. The number of aromatic hydroxyl groups is 1. The van der Waals surface area contributed by atoms with Crippen LogP contribution >= 0.6 is 42.7 Å². The van der Waals surface area contributed by atoms with Crippen molar-refractivity contribution in [2.75, 3.05) is 4.93 Å². The molecule has 1 saturated heterocycles. The molecule has 18 heavy (non-hydrogen) atoms. The van der Waals surface area contributed by atoms with Gasteiger partial charge in [-0.25, -0.2) is 0 Å². The summed E-state index contributed by atoms with van der Waals surface area (Å²) in [7, 11) is 0. The third-order valence-electron chi connectivity index (χ3n) is 2.74. The van der Waals surface area contributed by atoms with Crippen LogP contribution in [0, 0.1) is 13.8 Å². The van der Waals surface area contributed by atoms with Crippen molar-refractivity contribution in [3.8, 4) is 11.5 Å². The van der Waals surface area contributed by atoms with Gasteiger partial charge in [0.05, 0.1) is 0 Å². The van der Waals surface area contributed by atoms with Crippen LogP contribution in [-0.4, -0.2) is 24.0 Å². The molecular formula is C12H15I2NO3. The summed E-state index contributed by atoms with van der Waals surface area (Å²) in [6, 6.07) is 3.37. The number of benzene rings is 1.